The molecule has 2 N–H and O–H groups in total. The van der Waals surface area contributed by atoms with E-state index < -0.39 is 21.9 Å². The van der Waals surface area contributed by atoms with Gasteiger partial charge in [0.05, 0.1) is 22.0 Å². The Bertz CT molecular complexity index is 1150. The van der Waals surface area contributed by atoms with E-state index in [2.05, 4.69) is 10.1 Å². The summed E-state index contributed by atoms with van der Waals surface area (Å²) in [7, 11) is 0. The van der Waals surface area contributed by atoms with Crippen molar-refractivity contribution in [3.8, 4) is 5.75 Å². The Morgan fingerprint density at radius 1 is 1.36 bits per heavy atom. The molecule has 0 aliphatic rings. The fourth-order valence-corrected chi connectivity index (χ4v) is 2.68. The number of benzene rings is 2. The maximum absolute atomic E-state index is 12.5. The second-order valence-corrected chi connectivity index (χ2v) is 5.78. The van der Waals surface area contributed by atoms with E-state index in [1.165, 1.54) is 6.07 Å². The van der Waals surface area contributed by atoms with Gasteiger partial charge in [0.1, 0.15) is 0 Å². The number of phenolic OH excluding ortho intramolecular Hbond substituents is 1. The van der Waals surface area contributed by atoms with Crippen molar-refractivity contribution in [1.29, 1.82) is 0 Å². The van der Waals surface area contributed by atoms with Gasteiger partial charge in [-0.2, -0.15) is 9.78 Å². The maximum Gasteiger partial charge on any atom is 0.312 e. The Kier molecular flexibility index (Phi) is 4.34. The van der Waals surface area contributed by atoms with Crippen molar-refractivity contribution in [2.45, 2.75) is 0 Å². The quantitative estimate of drug-likeness (QED) is 0.315. The van der Waals surface area contributed by atoms with Crippen LogP contribution < -0.4 is 5.56 Å². The number of H-pyrrole nitrogens is 1. The summed E-state index contributed by atoms with van der Waals surface area (Å²) in [4.78, 5) is 25.5. The van der Waals surface area contributed by atoms with E-state index >= 15 is 0 Å². The van der Waals surface area contributed by atoms with Gasteiger partial charge in [0, 0.05) is 16.7 Å². The van der Waals surface area contributed by atoms with Crippen LogP contribution in [0.25, 0.3) is 10.9 Å². The third kappa shape index (κ3) is 3.14. The van der Waals surface area contributed by atoms with Crippen molar-refractivity contribution in [3.05, 3.63) is 72.2 Å². The average Bonchev–Trinajstić information content (AvgIpc) is 2.57. The molecular weight excluding hydrogens is 368 g/mol. The first-order chi connectivity index (χ1) is 11.9. The van der Waals surface area contributed by atoms with Crippen LogP contribution in [0.3, 0.4) is 0 Å². The predicted molar refractivity (Wildman–Crippen MR) is 96.2 cm³/mol. The summed E-state index contributed by atoms with van der Waals surface area (Å²) in [5.74, 6) is -0.609. The molecule has 8 nitrogen and oxygen atoms in total. The molecule has 0 saturated heterocycles. The summed E-state index contributed by atoms with van der Waals surface area (Å²) in [6, 6.07) is 9.06. The molecule has 0 spiro atoms. The van der Waals surface area contributed by atoms with Crippen LogP contribution in [0.15, 0.2) is 46.3 Å². The first kappa shape index (κ1) is 16.8. The van der Waals surface area contributed by atoms with Crippen LogP contribution in [0, 0.1) is 14.9 Å². The first-order valence-electron chi connectivity index (χ1n) is 6.84. The number of aromatic hydroxyl groups is 1. The topological polar surface area (TPSA) is 114 Å². The highest BCUT2D eigenvalue weighted by Gasteiger charge is 2.17. The van der Waals surface area contributed by atoms with E-state index in [0.717, 1.165) is 17.0 Å². The Labute approximate surface area is 149 Å². The number of rotatable bonds is 3. The van der Waals surface area contributed by atoms with Crippen LogP contribution in [-0.2, 0) is 0 Å². The normalized spacial score (nSPS) is 11.2. The van der Waals surface area contributed by atoms with Gasteiger partial charge >= 0.3 is 5.69 Å². The molecule has 0 saturated carbocycles. The number of aromatic nitrogens is 2. The molecule has 3 aromatic rings. The van der Waals surface area contributed by atoms with Gasteiger partial charge in [0.25, 0.3) is 5.56 Å². The number of nitrogens with one attached hydrogen (secondary N) is 1. The fourth-order valence-electron chi connectivity index (χ4n) is 2.22. The Hall–Kier alpha value is -3.04. The highest BCUT2D eigenvalue weighted by molar-refractivity contribution is 7.71. The van der Waals surface area contributed by atoms with Gasteiger partial charge in [-0.3, -0.25) is 14.9 Å². The summed E-state index contributed by atoms with van der Waals surface area (Å²) in [6.07, 6.45) is 1.08. The van der Waals surface area contributed by atoms with Gasteiger partial charge in [-0.05, 0) is 30.4 Å². The largest absolute Gasteiger partial charge is 0.502 e. The maximum atomic E-state index is 12.5. The monoisotopic (exact) mass is 376 g/mol. The molecular formula is C15H9ClN4O4S. The molecule has 1 aromatic heterocycles. The van der Waals surface area contributed by atoms with Crippen LogP contribution in [-0.4, -0.2) is 25.9 Å². The third-order valence-electron chi connectivity index (χ3n) is 3.38. The summed E-state index contributed by atoms with van der Waals surface area (Å²) in [5, 5.41) is 25.2. The second kappa shape index (κ2) is 6.46. The number of fused-ring (bicyclic) bond motifs is 1. The van der Waals surface area contributed by atoms with Gasteiger partial charge in [0.2, 0.25) is 10.5 Å². The molecule has 0 aliphatic heterocycles. The van der Waals surface area contributed by atoms with Gasteiger partial charge < -0.3 is 10.1 Å². The summed E-state index contributed by atoms with van der Waals surface area (Å²) in [5.41, 5.74) is -0.490. The second-order valence-electron chi connectivity index (χ2n) is 4.96. The number of nitro benzene ring substituents is 1. The molecule has 0 atom stereocenters. The molecule has 0 radical (unpaired) electrons. The highest BCUT2D eigenvalue weighted by atomic mass is 35.5. The van der Waals surface area contributed by atoms with Crippen molar-refractivity contribution >= 4 is 46.6 Å². The molecule has 0 amide bonds. The Morgan fingerprint density at radius 3 is 2.80 bits per heavy atom. The van der Waals surface area contributed by atoms with Crippen molar-refractivity contribution in [3.63, 3.8) is 0 Å². The number of hydrogen-bond acceptors (Lipinski definition) is 6. The third-order valence-corrected chi connectivity index (χ3v) is 3.87. The number of halogens is 1. The van der Waals surface area contributed by atoms with Crippen LogP contribution in [0.2, 0.25) is 5.02 Å². The molecule has 3 rings (SSSR count). The highest BCUT2D eigenvalue weighted by Crippen LogP contribution is 2.32. The number of nitrogens with zero attached hydrogens (tertiary/aromatic N) is 3. The lowest BCUT2D eigenvalue weighted by atomic mass is 10.2. The van der Waals surface area contributed by atoms with Crippen LogP contribution in [0.4, 0.5) is 5.69 Å². The standard InChI is InChI=1S/C15H9ClN4O4S/c16-9-5-8(13(21)12(6-9)20(23)24)7-17-19-14(22)10-3-1-2-4-11(10)18-15(19)25/h1-7,21H,(H,18,25)/b17-7+. The number of aromatic amines is 1. The zero-order chi connectivity index (χ0) is 18.1. The van der Waals surface area contributed by atoms with Crippen LogP contribution >= 0.6 is 23.8 Å². The van der Waals surface area contributed by atoms with Gasteiger partial charge in [0.15, 0.2) is 0 Å². The summed E-state index contributed by atoms with van der Waals surface area (Å²) >= 11 is 10.9. The lowest BCUT2D eigenvalue weighted by Crippen LogP contribution is -2.18. The zero-order valence-corrected chi connectivity index (χ0v) is 13.9. The SMILES string of the molecule is O=c1c2ccccc2[nH]c(=S)n1/N=C/c1cc(Cl)cc([N+](=O)[O-])c1O. The van der Waals surface area contributed by atoms with Gasteiger partial charge in [-0.15, -0.1) is 0 Å². The molecule has 25 heavy (non-hydrogen) atoms. The van der Waals surface area contributed by atoms with Crippen molar-refractivity contribution in [1.82, 2.24) is 9.66 Å². The zero-order valence-electron chi connectivity index (χ0n) is 12.3. The Balaban J connectivity index is 2.16. The van der Waals surface area contributed by atoms with Crippen molar-refractivity contribution < 1.29 is 10.0 Å². The van der Waals surface area contributed by atoms with Crippen molar-refractivity contribution in [2.24, 2.45) is 5.10 Å². The van der Waals surface area contributed by atoms with Crippen molar-refractivity contribution in [2.75, 3.05) is 0 Å². The lowest BCUT2D eigenvalue weighted by molar-refractivity contribution is -0.385. The predicted octanol–water partition coefficient (Wildman–Crippen LogP) is 3.21. The fraction of sp³-hybridized carbons (Fsp3) is 0. The minimum Gasteiger partial charge on any atom is -0.502 e. The van der Waals surface area contributed by atoms with Crippen LogP contribution in [0.1, 0.15) is 5.56 Å². The van der Waals surface area contributed by atoms with Gasteiger partial charge in [-0.25, -0.2) is 0 Å². The summed E-state index contributed by atoms with van der Waals surface area (Å²) in [6.45, 7) is 0. The minimum absolute atomic E-state index is 0.0198. The number of phenols is 1. The average molecular weight is 377 g/mol. The smallest absolute Gasteiger partial charge is 0.312 e. The Morgan fingerprint density at radius 2 is 2.08 bits per heavy atom. The van der Waals surface area contributed by atoms with Gasteiger partial charge in [-0.1, -0.05) is 23.7 Å². The molecule has 0 aliphatic carbocycles. The van der Waals surface area contributed by atoms with E-state index in [-0.39, 0.29) is 15.4 Å². The number of para-hydroxylation sites is 1. The van der Waals surface area contributed by atoms with E-state index in [4.69, 9.17) is 23.8 Å². The van der Waals surface area contributed by atoms with E-state index in [0.29, 0.717) is 10.9 Å². The first-order valence-corrected chi connectivity index (χ1v) is 7.62. The molecule has 0 unspecified atom stereocenters. The van der Waals surface area contributed by atoms with E-state index in [1.54, 1.807) is 24.3 Å². The lowest BCUT2D eigenvalue weighted by Gasteiger charge is -2.04. The molecule has 0 bridgehead atoms. The minimum atomic E-state index is -0.771. The van der Waals surface area contributed by atoms with E-state index in [9.17, 15) is 20.0 Å². The molecule has 2 aromatic carbocycles. The van der Waals surface area contributed by atoms with Crippen LogP contribution in [0.5, 0.6) is 5.75 Å². The molecule has 126 valence electrons. The number of nitro groups is 1. The number of hydrogen-bond donors (Lipinski definition) is 2. The summed E-state index contributed by atoms with van der Waals surface area (Å²) < 4.78 is 0.958. The molecule has 1 heterocycles. The molecule has 10 heteroatoms. The molecule has 0 fully saturated rings. The van der Waals surface area contributed by atoms with E-state index in [1.807, 2.05) is 0 Å².